The SMILES string of the molecule is OC[C@H]1O[C@@H](OCCCCCCCl)[C@H](O)[C@@H](O)[C@H]1O. The summed E-state index contributed by atoms with van der Waals surface area (Å²) in [6, 6.07) is 0. The van der Waals surface area contributed by atoms with Gasteiger partial charge in [-0.05, 0) is 12.8 Å². The van der Waals surface area contributed by atoms with Gasteiger partial charge in [-0.2, -0.15) is 0 Å². The molecule has 1 fully saturated rings. The van der Waals surface area contributed by atoms with Crippen molar-refractivity contribution in [3.63, 3.8) is 0 Å². The second kappa shape index (κ2) is 9.07. The molecule has 0 aromatic carbocycles. The lowest BCUT2D eigenvalue weighted by Gasteiger charge is -2.39. The highest BCUT2D eigenvalue weighted by Crippen LogP contribution is 2.22. The van der Waals surface area contributed by atoms with Crippen LogP contribution in [0.2, 0.25) is 0 Å². The van der Waals surface area contributed by atoms with Gasteiger partial charge in [0, 0.05) is 12.5 Å². The molecular formula is C12H23ClO6. The van der Waals surface area contributed by atoms with Gasteiger partial charge < -0.3 is 29.9 Å². The molecule has 0 aliphatic carbocycles. The van der Waals surface area contributed by atoms with Crippen LogP contribution in [0, 0.1) is 0 Å². The van der Waals surface area contributed by atoms with Gasteiger partial charge in [0.2, 0.25) is 0 Å². The molecule has 0 radical (unpaired) electrons. The number of halogens is 1. The normalized spacial score (nSPS) is 35.5. The minimum absolute atomic E-state index is 0.380. The minimum Gasteiger partial charge on any atom is -0.394 e. The third-order valence-electron chi connectivity index (χ3n) is 3.16. The highest BCUT2D eigenvalue weighted by Gasteiger charge is 2.43. The van der Waals surface area contributed by atoms with Crippen molar-refractivity contribution in [2.75, 3.05) is 19.1 Å². The van der Waals surface area contributed by atoms with E-state index in [9.17, 15) is 15.3 Å². The molecule has 5 atom stereocenters. The van der Waals surface area contributed by atoms with Gasteiger partial charge >= 0.3 is 0 Å². The maximum absolute atomic E-state index is 9.70. The van der Waals surface area contributed by atoms with E-state index in [1.54, 1.807) is 0 Å². The molecule has 6 nitrogen and oxygen atoms in total. The summed E-state index contributed by atoms with van der Waals surface area (Å²) < 4.78 is 10.5. The Morgan fingerprint density at radius 3 is 2.26 bits per heavy atom. The zero-order valence-electron chi connectivity index (χ0n) is 10.8. The summed E-state index contributed by atoms with van der Waals surface area (Å²) in [5, 5.41) is 37.8. The quantitative estimate of drug-likeness (QED) is 0.359. The monoisotopic (exact) mass is 298 g/mol. The second-order valence-corrected chi connectivity index (χ2v) is 5.05. The molecule has 0 aromatic rings. The van der Waals surface area contributed by atoms with Crippen LogP contribution in [-0.4, -0.2) is 70.2 Å². The Hall–Kier alpha value is 0.0500. The van der Waals surface area contributed by atoms with Crippen LogP contribution in [0.5, 0.6) is 0 Å². The first kappa shape index (κ1) is 17.1. The summed E-state index contributed by atoms with van der Waals surface area (Å²) in [5.74, 6) is 0.646. The first-order chi connectivity index (χ1) is 9.11. The fourth-order valence-electron chi connectivity index (χ4n) is 1.95. The molecule has 1 rings (SSSR count). The van der Waals surface area contributed by atoms with Gasteiger partial charge in [0.15, 0.2) is 6.29 Å². The Balaban J connectivity index is 2.28. The highest BCUT2D eigenvalue weighted by atomic mass is 35.5. The first-order valence-electron chi connectivity index (χ1n) is 6.60. The van der Waals surface area contributed by atoms with Crippen molar-refractivity contribution >= 4 is 11.6 Å². The van der Waals surface area contributed by atoms with Crippen LogP contribution in [0.3, 0.4) is 0 Å². The molecule has 1 saturated heterocycles. The van der Waals surface area contributed by atoms with E-state index in [0.717, 1.165) is 25.7 Å². The smallest absolute Gasteiger partial charge is 0.186 e. The van der Waals surface area contributed by atoms with Crippen LogP contribution in [0.15, 0.2) is 0 Å². The zero-order chi connectivity index (χ0) is 14.3. The van der Waals surface area contributed by atoms with Gasteiger partial charge in [-0.3, -0.25) is 0 Å². The topological polar surface area (TPSA) is 99.4 Å². The van der Waals surface area contributed by atoms with Crippen LogP contribution in [0.1, 0.15) is 25.7 Å². The van der Waals surface area contributed by atoms with Gasteiger partial charge in [0.25, 0.3) is 0 Å². The summed E-state index contributed by atoms with van der Waals surface area (Å²) in [7, 11) is 0. The fourth-order valence-corrected chi connectivity index (χ4v) is 2.14. The van der Waals surface area contributed by atoms with E-state index in [-0.39, 0.29) is 0 Å². The van der Waals surface area contributed by atoms with E-state index >= 15 is 0 Å². The number of aliphatic hydroxyl groups is 4. The maximum Gasteiger partial charge on any atom is 0.186 e. The average molecular weight is 299 g/mol. The Morgan fingerprint density at radius 2 is 1.63 bits per heavy atom. The lowest BCUT2D eigenvalue weighted by atomic mass is 9.99. The number of hydrogen-bond donors (Lipinski definition) is 4. The molecule has 0 aromatic heterocycles. The first-order valence-corrected chi connectivity index (χ1v) is 7.13. The average Bonchev–Trinajstić information content (AvgIpc) is 2.42. The van der Waals surface area contributed by atoms with Gasteiger partial charge in [0.1, 0.15) is 24.4 Å². The van der Waals surface area contributed by atoms with E-state index in [1.807, 2.05) is 0 Å². The minimum atomic E-state index is -1.38. The molecule has 4 N–H and O–H groups in total. The Kier molecular flexibility index (Phi) is 8.17. The maximum atomic E-state index is 9.70. The molecule has 19 heavy (non-hydrogen) atoms. The lowest BCUT2D eigenvalue weighted by Crippen LogP contribution is -2.59. The number of alkyl halides is 1. The second-order valence-electron chi connectivity index (χ2n) is 4.67. The summed E-state index contributed by atoms with van der Waals surface area (Å²) >= 11 is 5.56. The number of aliphatic hydroxyl groups excluding tert-OH is 4. The standard InChI is InChI=1S/C12H23ClO6/c13-5-3-1-2-4-6-18-12-11(17)10(16)9(15)8(7-14)19-12/h8-12,14-17H,1-7H2/t8-,9+,10+,11-,12-/m1/s1. The molecule has 1 aliphatic rings. The van der Waals surface area contributed by atoms with Crippen LogP contribution >= 0.6 is 11.6 Å². The van der Waals surface area contributed by atoms with Gasteiger partial charge in [-0.15, -0.1) is 11.6 Å². The molecule has 0 spiro atoms. The summed E-state index contributed by atoms with van der Waals surface area (Å²) in [4.78, 5) is 0. The van der Waals surface area contributed by atoms with Crippen molar-refractivity contribution in [1.29, 1.82) is 0 Å². The van der Waals surface area contributed by atoms with Crippen LogP contribution in [-0.2, 0) is 9.47 Å². The third-order valence-corrected chi connectivity index (χ3v) is 3.43. The molecule has 0 bridgehead atoms. The summed E-state index contributed by atoms with van der Waals surface area (Å²) in [5.41, 5.74) is 0. The summed E-state index contributed by atoms with van der Waals surface area (Å²) in [6.45, 7) is -0.0640. The molecule has 1 aliphatic heterocycles. The van der Waals surface area contributed by atoms with Crippen molar-refractivity contribution < 1.29 is 29.9 Å². The van der Waals surface area contributed by atoms with E-state index in [4.69, 9.17) is 26.2 Å². The fraction of sp³-hybridized carbons (Fsp3) is 1.00. The van der Waals surface area contributed by atoms with Crippen molar-refractivity contribution in [2.24, 2.45) is 0 Å². The molecule has 0 amide bonds. The van der Waals surface area contributed by atoms with Crippen molar-refractivity contribution in [2.45, 2.75) is 56.4 Å². The molecule has 0 unspecified atom stereocenters. The molecule has 0 saturated carbocycles. The predicted octanol–water partition coefficient (Wildman–Crippen LogP) is -0.398. The summed E-state index contributed by atoms with van der Waals surface area (Å²) in [6.07, 6.45) is -2.25. The Bertz CT molecular complexity index is 240. The van der Waals surface area contributed by atoms with E-state index < -0.39 is 37.3 Å². The number of rotatable bonds is 8. The van der Waals surface area contributed by atoms with Crippen molar-refractivity contribution in [3.8, 4) is 0 Å². The van der Waals surface area contributed by atoms with Crippen LogP contribution < -0.4 is 0 Å². The number of ether oxygens (including phenoxy) is 2. The van der Waals surface area contributed by atoms with Crippen molar-refractivity contribution in [3.05, 3.63) is 0 Å². The van der Waals surface area contributed by atoms with E-state index in [2.05, 4.69) is 0 Å². The third kappa shape index (κ3) is 5.15. The van der Waals surface area contributed by atoms with Crippen molar-refractivity contribution in [1.82, 2.24) is 0 Å². The Morgan fingerprint density at radius 1 is 0.947 bits per heavy atom. The van der Waals surface area contributed by atoms with E-state index in [1.165, 1.54) is 0 Å². The number of hydrogen-bond acceptors (Lipinski definition) is 6. The van der Waals surface area contributed by atoms with Gasteiger partial charge in [-0.25, -0.2) is 0 Å². The molecule has 114 valence electrons. The highest BCUT2D eigenvalue weighted by molar-refractivity contribution is 6.17. The van der Waals surface area contributed by atoms with Gasteiger partial charge in [-0.1, -0.05) is 12.8 Å². The van der Waals surface area contributed by atoms with Crippen LogP contribution in [0.25, 0.3) is 0 Å². The van der Waals surface area contributed by atoms with Gasteiger partial charge in [0.05, 0.1) is 6.61 Å². The lowest BCUT2D eigenvalue weighted by molar-refractivity contribution is -0.301. The predicted molar refractivity (Wildman–Crippen MR) is 68.9 cm³/mol. The van der Waals surface area contributed by atoms with Crippen LogP contribution in [0.4, 0.5) is 0 Å². The Labute approximate surface area is 117 Å². The zero-order valence-corrected chi connectivity index (χ0v) is 11.6. The molecular weight excluding hydrogens is 276 g/mol. The number of unbranched alkanes of at least 4 members (excludes halogenated alkanes) is 3. The molecule has 1 heterocycles. The largest absolute Gasteiger partial charge is 0.394 e. The molecule has 7 heteroatoms. The van der Waals surface area contributed by atoms with E-state index in [0.29, 0.717) is 12.5 Å².